The number of imide groups is 1. The van der Waals surface area contributed by atoms with Gasteiger partial charge in [0.1, 0.15) is 0 Å². The lowest BCUT2D eigenvalue weighted by Gasteiger charge is -2.16. The molecule has 0 radical (unpaired) electrons. The number of carboxylic acid groups (broad SMARTS) is 1. The minimum atomic E-state index is -1.30. The second-order valence-corrected chi connectivity index (χ2v) is 6.69. The van der Waals surface area contributed by atoms with E-state index in [2.05, 4.69) is 5.32 Å². The van der Waals surface area contributed by atoms with E-state index in [0.29, 0.717) is 5.56 Å². The van der Waals surface area contributed by atoms with Crippen molar-refractivity contribution >= 4 is 34.6 Å². The third-order valence-corrected chi connectivity index (χ3v) is 4.84. The molecule has 0 aromatic heterocycles. The summed E-state index contributed by atoms with van der Waals surface area (Å²) in [5.74, 6) is -1.65. The molecule has 7 heteroatoms. The van der Waals surface area contributed by atoms with Crippen LogP contribution in [0.25, 0.3) is 0 Å². The van der Waals surface area contributed by atoms with Crippen LogP contribution in [-0.4, -0.2) is 27.4 Å². The Labute approximate surface area is 148 Å². The van der Waals surface area contributed by atoms with Gasteiger partial charge in [-0.2, -0.15) is 0 Å². The standard InChI is InChI=1S/C18H16N2O4S/c1-11-5-2-3-8-14(11)19-15-16(21)20(18(24)25-15)10-12-6-4-7-13(9-12)17(22)23/h2-9,15,19H,10H2,1H3,(H,22,23)/p-1/t15-/m0/s1. The van der Waals surface area contributed by atoms with Crippen molar-refractivity contribution in [1.29, 1.82) is 0 Å². The first-order valence-corrected chi connectivity index (χ1v) is 8.48. The number of benzene rings is 2. The van der Waals surface area contributed by atoms with E-state index < -0.39 is 11.3 Å². The van der Waals surface area contributed by atoms with Crippen LogP contribution in [0.5, 0.6) is 0 Å². The number of hydrogen-bond acceptors (Lipinski definition) is 6. The van der Waals surface area contributed by atoms with Gasteiger partial charge < -0.3 is 15.2 Å². The zero-order valence-electron chi connectivity index (χ0n) is 13.4. The van der Waals surface area contributed by atoms with Crippen LogP contribution in [-0.2, 0) is 11.3 Å². The lowest BCUT2D eigenvalue weighted by Crippen LogP contribution is -2.34. The molecule has 1 heterocycles. The van der Waals surface area contributed by atoms with E-state index in [0.717, 1.165) is 27.9 Å². The number of aryl methyl sites for hydroxylation is 1. The maximum atomic E-state index is 12.5. The van der Waals surface area contributed by atoms with E-state index in [1.165, 1.54) is 12.1 Å². The second-order valence-electron chi connectivity index (χ2n) is 5.64. The van der Waals surface area contributed by atoms with Gasteiger partial charge in [0.15, 0.2) is 5.37 Å². The fourth-order valence-electron chi connectivity index (χ4n) is 2.54. The molecule has 25 heavy (non-hydrogen) atoms. The van der Waals surface area contributed by atoms with Gasteiger partial charge in [-0.25, -0.2) is 0 Å². The summed E-state index contributed by atoms with van der Waals surface area (Å²) < 4.78 is 0. The fraction of sp³-hybridized carbons (Fsp3) is 0.167. The maximum absolute atomic E-state index is 12.5. The van der Waals surface area contributed by atoms with Crippen LogP contribution in [0.3, 0.4) is 0 Å². The van der Waals surface area contributed by atoms with Crippen LogP contribution in [0.2, 0.25) is 0 Å². The maximum Gasteiger partial charge on any atom is 0.291 e. The van der Waals surface area contributed by atoms with Gasteiger partial charge >= 0.3 is 0 Å². The summed E-state index contributed by atoms with van der Waals surface area (Å²) >= 11 is 0.913. The number of hydrogen-bond donors (Lipinski definition) is 1. The van der Waals surface area contributed by atoms with Gasteiger partial charge in [-0.05, 0) is 47.5 Å². The molecule has 1 aliphatic heterocycles. The summed E-state index contributed by atoms with van der Waals surface area (Å²) in [4.78, 5) is 36.8. The van der Waals surface area contributed by atoms with Crippen molar-refractivity contribution in [2.75, 3.05) is 5.32 Å². The van der Waals surface area contributed by atoms with Crippen LogP contribution in [0.1, 0.15) is 21.5 Å². The summed E-state index contributed by atoms with van der Waals surface area (Å²) in [5.41, 5.74) is 2.34. The highest BCUT2D eigenvalue weighted by atomic mass is 32.2. The molecule has 1 fully saturated rings. The molecule has 0 unspecified atom stereocenters. The van der Waals surface area contributed by atoms with Crippen molar-refractivity contribution in [2.24, 2.45) is 0 Å². The molecule has 2 aromatic carbocycles. The van der Waals surface area contributed by atoms with E-state index in [-0.39, 0.29) is 23.3 Å². The monoisotopic (exact) mass is 355 g/mol. The Morgan fingerprint density at radius 3 is 2.68 bits per heavy atom. The van der Waals surface area contributed by atoms with Crippen LogP contribution in [0.15, 0.2) is 48.5 Å². The van der Waals surface area contributed by atoms with Gasteiger partial charge in [-0.1, -0.05) is 36.4 Å². The molecule has 0 aliphatic carbocycles. The number of carbonyl (C=O) groups is 3. The largest absolute Gasteiger partial charge is 0.545 e. The minimum Gasteiger partial charge on any atom is -0.545 e. The molecule has 0 saturated carbocycles. The molecular weight excluding hydrogens is 340 g/mol. The molecule has 128 valence electrons. The minimum absolute atomic E-state index is 0.0128. The van der Waals surface area contributed by atoms with Crippen LogP contribution < -0.4 is 10.4 Å². The van der Waals surface area contributed by atoms with E-state index in [1.807, 2.05) is 31.2 Å². The van der Waals surface area contributed by atoms with Gasteiger partial charge in [-0.15, -0.1) is 0 Å². The first-order chi connectivity index (χ1) is 12.0. The van der Waals surface area contributed by atoms with Crippen LogP contribution >= 0.6 is 11.8 Å². The lowest BCUT2D eigenvalue weighted by molar-refractivity contribution is -0.255. The van der Waals surface area contributed by atoms with E-state index in [9.17, 15) is 19.5 Å². The Hall–Kier alpha value is -2.80. The number of carboxylic acids is 1. The Bertz CT molecular complexity index is 852. The average Bonchev–Trinajstić information content (AvgIpc) is 2.85. The molecule has 1 aliphatic rings. The summed E-state index contributed by atoms with van der Waals surface area (Å²) in [6.07, 6.45) is 0. The number of amides is 2. The fourth-order valence-corrected chi connectivity index (χ4v) is 3.43. The number of carbonyl (C=O) groups excluding carboxylic acids is 3. The molecule has 1 saturated heterocycles. The van der Waals surface area contributed by atoms with Crippen molar-refractivity contribution < 1.29 is 19.5 Å². The van der Waals surface area contributed by atoms with Crippen molar-refractivity contribution in [1.82, 2.24) is 4.90 Å². The third kappa shape index (κ3) is 3.66. The number of aromatic carboxylic acids is 1. The van der Waals surface area contributed by atoms with Crippen LogP contribution in [0, 0.1) is 6.92 Å². The number of rotatable bonds is 5. The van der Waals surface area contributed by atoms with E-state index in [4.69, 9.17) is 0 Å². The second kappa shape index (κ2) is 6.98. The summed E-state index contributed by atoms with van der Waals surface area (Å²) in [7, 11) is 0. The molecule has 2 aromatic rings. The molecule has 3 rings (SSSR count). The Balaban J connectivity index is 1.74. The molecule has 0 spiro atoms. The molecule has 0 bridgehead atoms. The Morgan fingerprint density at radius 1 is 1.20 bits per heavy atom. The Morgan fingerprint density at radius 2 is 1.96 bits per heavy atom. The highest BCUT2D eigenvalue weighted by Gasteiger charge is 2.39. The van der Waals surface area contributed by atoms with Gasteiger partial charge in [0.2, 0.25) is 0 Å². The molecule has 2 amide bonds. The van der Waals surface area contributed by atoms with Crippen molar-refractivity contribution in [2.45, 2.75) is 18.8 Å². The average molecular weight is 355 g/mol. The predicted molar refractivity (Wildman–Crippen MR) is 92.9 cm³/mol. The summed E-state index contributed by atoms with van der Waals surface area (Å²) in [5, 5.41) is 13.0. The molecule has 1 N–H and O–H groups in total. The van der Waals surface area contributed by atoms with Crippen molar-refractivity contribution in [3.8, 4) is 0 Å². The molecule has 1 atom stereocenters. The third-order valence-electron chi connectivity index (χ3n) is 3.86. The number of para-hydroxylation sites is 1. The molecule has 6 nitrogen and oxygen atoms in total. The smallest absolute Gasteiger partial charge is 0.291 e. The number of nitrogens with one attached hydrogen (secondary N) is 1. The predicted octanol–water partition coefficient (Wildman–Crippen LogP) is 1.99. The van der Waals surface area contributed by atoms with Gasteiger partial charge in [-0.3, -0.25) is 14.5 Å². The summed E-state index contributed by atoms with van der Waals surface area (Å²) in [6, 6.07) is 13.5. The highest BCUT2D eigenvalue weighted by molar-refractivity contribution is 8.15. The van der Waals surface area contributed by atoms with E-state index in [1.54, 1.807) is 12.1 Å². The van der Waals surface area contributed by atoms with Crippen molar-refractivity contribution in [3.05, 3.63) is 65.2 Å². The van der Waals surface area contributed by atoms with Gasteiger partial charge in [0.05, 0.1) is 12.5 Å². The van der Waals surface area contributed by atoms with Crippen molar-refractivity contribution in [3.63, 3.8) is 0 Å². The number of nitrogens with zero attached hydrogens (tertiary/aromatic N) is 1. The normalized spacial score (nSPS) is 17.0. The Kier molecular flexibility index (Phi) is 4.76. The lowest BCUT2D eigenvalue weighted by atomic mass is 10.1. The zero-order chi connectivity index (χ0) is 18.0. The van der Waals surface area contributed by atoms with Gasteiger partial charge in [0.25, 0.3) is 11.1 Å². The van der Waals surface area contributed by atoms with Gasteiger partial charge in [0, 0.05) is 5.69 Å². The first kappa shape index (κ1) is 17.0. The topological polar surface area (TPSA) is 89.5 Å². The quantitative estimate of drug-likeness (QED) is 0.882. The zero-order valence-corrected chi connectivity index (χ0v) is 14.2. The first-order valence-electron chi connectivity index (χ1n) is 7.60. The van der Waals surface area contributed by atoms with Crippen LogP contribution in [0.4, 0.5) is 10.5 Å². The SMILES string of the molecule is Cc1ccccc1N[C@H]1SC(=O)N(Cc2cccc(C(=O)[O-])c2)C1=O. The molecular formula is C18H15N2O4S-. The highest BCUT2D eigenvalue weighted by Crippen LogP contribution is 2.30. The summed E-state index contributed by atoms with van der Waals surface area (Å²) in [6.45, 7) is 1.94. The number of anilines is 1. The number of thioether (sulfide) groups is 1. The van der Waals surface area contributed by atoms with E-state index >= 15 is 0 Å².